The first kappa shape index (κ1) is 12.1. The highest BCUT2D eigenvalue weighted by Gasteiger charge is 2.35. The van der Waals surface area contributed by atoms with Crippen LogP contribution in [-0.2, 0) is 4.79 Å². The van der Waals surface area contributed by atoms with Crippen molar-refractivity contribution < 1.29 is 4.79 Å². The van der Waals surface area contributed by atoms with Crippen LogP contribution in [0.15, 0.2) is 0 Å². The number of ketones is 1. The first-order valence-electron chi connectivity index (χ1n) is 6.71. The fraction of sp³-hybridized carbons (Fsp3) is 0.929. The molecule has 2 atom stereocenters. The third-order valence-corrected chi connectivity index (χ3v) is 4.29. The Hall–Kier alpha value is -0.370. The predicted octanol–water partition coefficient (Wildman–Crippen LogP) is 2.72. The molecule has 0 N–H and O–H groups in total. The highest BCUT2D eigenvalue weighted by molar-refractivity contribution is 5.82. The molecule has 1 saturated heterocycles. The van der Waals surface area contributed by atoms with Gasteiger partial charge in [-0.25, -0.2) is 0 Å². The topological polar surface area (TPSA) is 20.3 Å². The van der Waals surface area contributed by atoms with Gasteiger partial charge in [0.25, 0.3) is 0 Å². The summed E-state index contributed by atoms with van der Waals surface area (Å²) < 4.78 is 0. The van der Waals surface area contributed by atoms with E-state index in [2.05, 4.69) is 25.7 Å². The van der Waals surface area contributed by atoms with Crippen LogP contribution in [0.3, 0.4) is 0 Å². The fourth-order valence-corrected chi connectivity index (χ4v) is 3.22. The van der Waals surface area contributed by atoms with Crippen LogP contribution in [-0.4, -0.2) is 30.3 Å². The van der Waals surface area contributed by atoms with E-state index in [4.69, 9.17) is 0 Å². The number of carbonyl (C=O) groups excluding carboxylic acids is 1. The van der Waals surface area contributed by atoms with E-state index in [1.165, 1.54) is 19.5 Å². The Bertz CT molecular complexity index is 272. The molecule has 16 heavy (non-hydrogen) atoms. The lowest BCUT2D eigenvalue weighted by molar-refractivity contribution is -0.127. The van der Waals surface area contributed by atoms with Gasteiger partial charge in [0.1, 0.15) is 5.78 Å². The van der Waals surface area contributed by atoms with Crippen LogP contribution in [0.1, 0.15) is 46.5 Å². The second-order valence-corrected chi connectivity index (χ2v) is 6.68. The molecular weight excluding hydrogens is 198 g/mol. The molecule has 1 aliphatic heterocycles. The Balaban J connectivity index is 1.90. The zero-order chi connectivity index (χ0) is 11.8. The van der Waals surface area contributed by atoms with E-state index in [0.717, 1.165) is 31.7 Å². The van der Waals surface area contributed by atoms with Gasteiger partial charge in [-0.2, -0.15) is 0 Å². The molecule has 2 nitrogen and oxygen atoms in total. The first-order chi connectivity index (χ1) is 7.46. The minimum Gasteiger partial charge on any atom is -0.302 e. The SMILES string of the molecule is CC1CCN(CC2CC(C)(C)CCC2=O)C1. The Morgan fingerprint density at radius 1 is 1.44 bits per heavy atom. The Labute approximate surface area is 99.4 Å². The zero-order valence-electron chi connectivity index (χ0n) is 11.0. The summed E-state index contributed by atoms with van der Waals surface area (Å²) in [5, 5.41) is 0. The summed E-state index contributed by atoms with van der Waals surface area (Å²) in [4.78, 5) is 14.4. The van der Waals surface area contributed by atoms with Crippen molar-refractivity contribution in [2.45, 2.75) is 46.5 Å². The van der Waals surface area contributed by atoms with E-state index in [0.29, 0.717) is 17.1 Å². The van der Waals surface area contributed by atoms with Crippen molar-refractivity contribution in [3.8, 4) is 0 Å². The lowest BCUT2D eigenvalue weighted by atomic mass is 9.71. The summed E-state index contributed by atoms with van der Waals surface area (Å²) >= 11 is 0. The Morgan fingerprint density at radius 2 is 2.19 bits per heavy atom. The van der Waals surface area contributed by atoms with Gasteiger partial charge in [-0.05, 0) is 37.1 Å². The summed E-state index contributed by atoms with van der Waals surface area (Å²) in [6.45, 7) is 10.3. The van der Waals surface area contributed by atoms with Gasteiger partial charge in [-0.1, -0.05) is 20.8 Å². The highest BCUT2D eigenvalue weighted by Crippen LogP contribution is 2.37. The average Bonchev–Trinajstić information content (AvgIpc) is 2.58. The number of rotatable bonds is 2. The van der Waals surface area contributed by atoms with E-state index in [1.54, 1.807) is 0 Å². The summed E-state index contributed by atoms with van der Waals surface area (Å²) in [6, 6.07) is 0. The molecule has 0 radical (unpaired) electrons. The molecule has 0 aromatic rings. The van der Waals surface area contributed by atoms with E-state index >= 15 is 0 Å². The minimum atomic E-state index is 0.314. The fourth-order valence-electron chi connectivity index (χ4n) is 3.22. The largest absolute Gasteiger partial charge is 0.302 e. The van der Waals surface area contributed by atoms with Gasteiger partial charge in [0.2, 0.25) is 0 Å². The van der Waals surface area contributed by atoms with Crippen LogP contribution in [0.25, 0.3) is 0 Å². The van der Waals surface area contributed by atoms with Crippen LogP contribution < -0.4 is 0 Å². The number of carbonyl (C=O) groups is 1. The second-order valence-electron chi connectivity index (χ2n) is 6.68. The first-order valence-corrected chi connectivity index (χ1v) is 6.71. The summed E-state index contributed by atoms with van der Waals surface area (Å²) in [7, 11) is 0. The lowest BCUT2D eigenvalue weighted by Crippen LogP contribution is -2.38. The predicted molar refractivity (Wildman–Crippen MR) is 66.4 cm³/mol. The average molecular weight is 223 g/mol. The van der Waals surface area contributed by atoms with Crippen LogP contribution in [0.4, 0.5) is 0 Å². The van der Waals surface area contributed by atoms with Gasteiger partial charge in [-0.15, -0.1) is 0 Å². The molecule has 2 unspecified atom stereocenters. The van der Waals surface area contributed by atoms with Crippen molar-refractivity contribution in [1.82, 2.24) is 4.90 Å². The number of hydrogen-bond donors (Lipinski definition) is 0. The smallest absolute Gasteiger partial charge is 0.137 e. The van der Waals surface area contributed by atoms with Crippen LogP contribution in [0.5, 0.6) is 0 Å². The third-order valence-electron chi connectivity index (χ3n) is 4.29. The number of likely N-dealkylation sites (tertiary alicyclic amines) is 1. The molecule has 0 amide bonds. The van der Waals surface area contributed by atoms with Crippen LogP contribution in [0, 0.1) is 17.3 Å². The van der Waals surface area contributed by atoms with Gasteiger partial charge < -0.3 is 4.90 Å². The van der Waals surface area contributed by atoms with Crippen molar-refractivity contribution in [3.63, 3.8) is 0 Å². The van der Waals surface area contributed by atoms with Crippen LogP contribution in [0.2, 0.25) is 0 Å². The maximum atomic E-state index is 11.9. The van der Waals surface area contributed by atoms with Crippen molar-refractivity contribution in [1.29, 1.82) is 0 Å². The highest BCUT2D eigenvalue weighted by atomic mass is 16.1. The van der Waals surface area contributed by atoms with Gasteiger partial charge in [0.05, 0.1) is 0 Å². The molecule has 1 aliphatic carbocycles. The van der Waals surface area contributed by atoms with E-state index in [9.17, 15) is 4.79 Å². The molecule has 2 aliphatic rings. The van der Waals surface area contributed by atoms with Crippen molar-refractivity contribution in [3.05, 3.63) is 0 Å². The van der Waals surface area contributed by atoms with Crippen molar-refractivity contribution >= 4 is 5.78 Å². The van der Waals surface area contributed by atoms with Crippen LogP contribution >= 0.6 is 0 Å². The maximum absolute atomic E-state index is 11.9. The molecule has 1 saturated carbocycles. The molecule has 92 valence electrons. The van der Waals surface area contributed by atoms with Gasteiger partial charge in [-0.3, -0.25) is 4.79 Å². The molecule has 2 heteroatoms. The summed E-state index contributed by atoms with van der Waals surface area (Å²) in [5.41, 5.74) is 0.379. The van der Waals surface area contributed by atoms with Crippen molar-refractivity contribution in [2.75, 3.05) is 19.6 Å². The molecule has 0 spiro atoms. The van der Waals surface area contributed by atoms with Gasteiger partial charge in [0.15, 0.2) is 0 Å². The zero-order valence-corrected chi connectivity index (χ0v) is 11.0. The standard InChI is InChI=1S/C14H25NO/c1-11-5-7-15(9-11)10-12-8-14(2,3)6-4-13(12)16/h11-12H,4-10H2,1-3H3. The third kappa shape index (κ3) is 2.85. The van der Waals surface area contributed by atoms with E-state index in [-0.39, 0.29) is 0 Å². The number of Topliss-reactive ketones (excluding diaryl/α,β-unsaturated/α-hetero) is 1. The molecule has 0 aromatic heterocycles. The normalized spacial score (nSPS) is 35.6. The number of nitrogens with zero attached hydrogens (tertiary/aromatic N) is 1. The van der Waals surface area contributed by atoms with Gasteiger partial charge in [0, 0.05) is 25.4 Å². The van der Waals surface area contributed by atoms with Gasteiger partial charge >= 0.3 is 0 Å². The molecule has 0 aromatic carbocycles. The quantitative estimate of drug-likeness (QED) is 0.717. The minimum absolute atomic E-state index is 0.314. The molecule has 2 fully saturated rings. The van der Waals surface area contributed by atoms with Crippen molar-refractivity contribution in [2.24, 2.45) is 17.3 Å². The molecule has 2 rings (SSSR count). The summed E-state index contributed by atoms with van der Waals surface area (Å²) in [6.07, 6.45) is 4.29. The molecule has 1 heterocycles. The molecule has 0 bridgehead atoms. The number of hydrogen-bond acceptors (Lipinski definition) is 2. The monoisotopic (exact) mass is 223 g/mol. The molecular formula is C14H25NO. The van der Waals surface area contributed by atoms with E-state index in [1.807, 2.05) is 0 Å². The second kappa shape index (κ2) is 4.48. The maximum Gasteiger partial charge on any atom is 0.137 e. The lowest BCUT2D eigenvalue weighted by Gasteiger charge is -2.35. The summed E-state index contributed by atoms with van der Waals surface area (Å²) in [5.74, 6) is 1.65. The Morgan fingerprint density at radius 3 is 2.81 bits per heavy atom. The Kier molecular flexibility index (Phi) is 3.39. The van der Waals surface area contributed by atoms with E-state index < -0.39 is 0 Å².